The van der Waals surface area contributed by atoms with Gasteiger partial charge in [0.1, 0.15) is 6.54 Å². The Morgan fingerprint density at radius 3 is 2.26 bits per heavy atom. The number of anilines is 2. The molecule has 3 amide bonds. The van der Waals surface area contributed by atoms with Crippen LogP contribution in [-0.2, 0) is 14.4 Å². The largest absolute Gasteiger partial charge is 0.326 e. The molecule has 27 heavy (non-hydrogen) atoms. The second-order valence-electron chi connectivity index (χ2n) is 5.97. The first-order chi connectivity index (χ1) is 13.0. The van der Waals surface area contributed by atoms with Crippen LogP contribution in [0.2, 0.25) is 0 Å². The lowest BCUT2D eigenvalue weighted by atomic mass is 10.1. The van der Waals surface area contributed by atoms with Crippen molar-refractivity contribution in [3.63, 3.8) is 0 Å². The van der Waals surface area contributed by atoms with Crippen molar-refractivity contribution in [2.24, 2.45) is 0 Å². The number of hydrogen-bond acceptors (Lipinski definition) is 4. The normalized spacial score (nSPS) is 13.7. The Hall–Kier alpha value is -3.06. The van der Waals surface area contributed by atoms with Crippen LogP contribution in [0.15, 0.2) is 60.0 Å². The zero-order chi connectivity index (χ0) is 19.2. The van der Waals surface area contributed by atoms with Crippen LogP contribution in [0.5, 0.6) is 0 Å². The number of nitrogens with zero attached hydrogens (tertiary/aromatic N) is 1. The molecule has 2 aromatic carbocycles. The van der Waals surface area contributed by atoms with Gasteiger partial charge < -0.3 is 15.5 Å². The smallest absolute Gasteiger partial charge is 0.244 e. The summed E-state index contributed by atoms with van der Waals surface area (Å²) < 4.78 is 0. The quantitative estimate of drug-likeness (QED) is 0.834. The second kappa shape index (κ2) is 8.55. The van der Waals surface area contributed by atoms with E-state index in [1.165, 1.54) is 23.6 Å². The van der Waals surface area contributed by atoms with Gasteiger partial charge in [-0.15, -0.1) is 11.8 Å². The molecule has 0 saturated heterocycles. The minimum Gasteiger partial charge on any atom is -0.326 e. The van der Waals surface area contributed by atoms with Crippen molar-refractivity contribution in [1.82, 2.24) is 4.90 Å². The Morgan fingerprint density at radius 2 is 1.63 bits per heavy atom. The number of rotatable bonds is 5. The first kappa shape index (κ1) is 18.7. The average molecular weight is 381 g/mol. The van der Waals surface area contributed by atoms with Gasteiger partial charge >= 0.3 is 0 Å². The second-order valence-corrected chi connectivity index (χ2v) is 6.82. The Labute approximate surface area is 161 Å². The van der Waals surface area contributed by atoms with Gasteiger partial charge in [-0.05, 0) is 35.2 Å². The number of benzene rings is 2. The van der Waals surface area contributed by atoms with Crippen molar-refractivity contribution in [2.75, 3.05) is 22.9 Å². The summed E-state index contributed by atoms with van der Waals surface area (Å²) in [6.07, 6.45) is 0. The number of thioether (sulfide) groups is 1. The topological polar surface area (TPSA) is 78.5 Å². The third kappa shape index (κ3) is 4.98. The third-order valence-electron chi connectivity index (χ3n) is 3.85. The number of carbonyl (C=O) groups excluding carboxylic acids is 3. The Balaban J connectivity index is 1.68. The maximum absolute atomic E-state index is 12.5. The predicted octanol–water partition coefficient (Wildman–Crippen LogP) is 3.16. The Morgan fingerprint density at radius 1 is 1.00 bits per heavy atom. The summed E-state index contributed by atoms with van der Waals surface area (Å²) in [5.74, 6) is -0.231. The van der Waals surface area contributed by atoms with Crippen molar-refractivity contribution in [2.45, 2.75) is 6.92 Å². The van der Waals surface area contributed by atoms with Crippen LogP contribution >= 0.6 is 11.8 Å². The van der Waals surface area contributed by atoms with E-state index in [1.807, 2.05) is 35.7 Å². The molecule has 0 fully saturated rings. The van der Waals surface area contributed by atoms with Gasteiger partial charge in [-0.25, -0.2) is 0 Å². The molecule has 0 bridgehead atoms. The third-order valence-corrected chi connectivity index (χ3v) is 4.66. The zero-order valence-electron chi connectivity index (χ0n) is 14.8. The molecule has 1 aliphatic heterocycles. The van der Waals surface area contributed by atoms with E-state index >= 15 is 0 Å². The molecule has 1 heterocycles. The summed E-state index contributed by atoms with van der Waals surface area (Å²) in [6, 6.07) is 16.3. The van der Waals surface area contributed by atoms with E-state index in [-0.39, 0.29) is 24.3 Å². The van der Waals surface area contributed by atoms with Crippen LogP contribution in [0.1, 0.15) is 12.5 Å². The Kier molecular flexibility index (Phi) is 5.93. The first-order valence-corrected chi connectivity index (χ1v) is 9.43. The highest BCUT2D eigenvalue weighted by Crippen LogP contribution is 2.28. The number of amides is 3. The van der Waals surface area contributed by atoms with Crippen molar-refractivity contribution in [3.8, 4) is 0 Å². The summed E-state index contributed by atoms with van der Waals surface area (Å²) in [6.45, 7) is 1.37. The summed E-state index contributed by atoms with van der Waals surface area (Å²) in [4.78, 5) is 37.4. The molecule has 0 unspecified atom stereocenters. The van der Waals surface area contributed by atoms with Gasteiger partial charge in [0.2, 0.25) is 17.7 Å². The fourth-order valence-electron chi connectivity index (χ4n) is 2.66. The van der Waals surface area contributed by atoms with Crippen molar-refractivity contribution >= 4 is 46.6 Å². The molecule has 0 aliphatic carbocycles. The minimum absolute atomic E-state index is 0.0619. The molecule has 0 saturated carbocycles. The molecule has 2 aromatic rings. The lowest BCUT2D eigenvalue weighted by Crippen LogP contribution is -2.39. The summed E-state index contributed by atoms with van der Waals surface area (Å²) in [7, 11) is 0. The molecule has 138 valence electrons. The lowest BCUT2D eigenvalue weighted by molar-refractivity contribution is -0.129. The van der Waals surface area contributed by atoms with Gasteiger partial charge in [-0.2, -0.15) is 0 Å². The van der Waals surface area contributed by atoms with E-state index < -0.39 is 0 Å². The molecule has 0 aromatic heterocycles. The van der Waals surface area contributed by atoms with Crippen LogP contribution in [0, 0.1) is 0 Å². The first-order valence-electron chi connectivity index (χ1n) is 8.38. The maximum atomic E-state index is 12.5. The summed E-state index contributed by atoms with van der Waals surface area (Å²) >= 11 is 1.43. The van der Waals surface area contributed by atoms with Crippen molar-refractivity contribution in [1.29, 1.82) is 0 Å². The molecule has 0 spiro atoms. The van der Waals surface area contributed by atoms with E-state index in [2.05, 4.69) is 10.6 Å². The van der Waals surface area contributed by atoms with Crippen molar-refractivity contribution < 1.29 is 14.4 Å². The highest BCUT2D eigenvalue weighted by atomic mass is 32.2. The standard InChI is InChI=1S/C20H19N3O3S/c1-14(24)21-16-7-9-17(10-8-16)22-19(25)11-23-18(12-27-13-20(23)26)15-5-3-2-4-6-15/h2-10,12H,11,13H2,1H3,(H,21,24)(H,22,25). The molecular formula is C20H19N3O3S. The van der Waals surface area contributed by atoms with Crippen LogP contribution in [0.25, 0.3) is 5.70 Å². The summed E-state index contributed by atoms with van der Waals surface area (Å²) in [5, 5.41) is 7.36. The van der Waals surface area contributed by atoms with E-state index in [0.29, 0.717) is 17.1 Å². The molecule has 3 rings (SSSR count). The number of nitrogens with one attached hydrogen (secondary N) is 2. The van der Waals surface area contributed by atoms with Gasteiger partial charge in [-0.1, -0.05) is 30.3 Å². The maximum Gasteiger partial charge on any atom is 0.244 e. The lowest BCUT2D eigenvalue weighted by Gasteiger charge is -2.28. The molecule has 7 heteroatoms. The number of carbonyl (C=O) groups is 3. The van der Waals surface area contributed by atoms with Crippen LogP contribution in [0.4, 0.5) is 11.4 Å². The molecule has 6 nitrogen and oxygen atoms in total. The van der Waals surface area contributed by atoms with Gasteiger partial charge in [0.25, 0.3) is 0 Å². The van der Waals surface area contributed by atoms with E-state index in [9.17, 15) is 14.4 Å². The summed E-state index contributed by atoms with van der Waals surface area (Å²) in [5.41, 5.74) is 2.87. The highest BCUT2D eigenvalue weighted by molar-refractivity contribution is 8.03. The predicted molar refractivity (Wildman–Crippen MR) is 108 cm³/mol. The van der Waals surface area contributed by atoms with Gasteiger partial charge in [0.05, 0.1) is 11.4 Å². The fourth-order valence-corrected chi connectivity index (χ4v) is 3.46. The van der Waals surface area contributed by atoms with Crippen LogP contribution in [0.3, 0.4) is 0 Å². The van der Waals surface area contributed by atoms with E-state index in [1.54, 1.807) is 24.3 Å². The van der Waals surface area contributed by atoms with Gasteiger partial charge in [0, 0.05) is 18.3 Å². The zero-order valence-corrected chi connectivity index (χ0v) is 15.6. The average Bonchev–Trinajstić information content (AvgIpc) is 2.65. The molecular weight excluding hydrogens is 362 g/mol. The molecule has 0 atom stereocenters. The SMILES string of the molecule is CC(=O)Nc1ccc(NC(=O)CN2C(=O)CSC=C2c2ccccc2)cc1. The molecule has 2 N–H and O–H groups in total. The highest BCUT2D eigenvalue weighted by Gasteiger charge is 2.25. The van der Waals surface area contributed by atoms with E-state index in [4.69, 9.17) is 0 Å². The number of hydrogen-bond donors (Lipinski definition) is 2. The molecule has 1 aliphatic rings. The minimum atomic E-state index is -0.288. The van der Waals surface area contributed by atoms with Crippen LogP contribution < -0.4 is 10.6 Å². The fraction of sp³-hybridized carbons (Fsp3) is 0.150. The van der Waals surface area contributed by atoms with Crippen LogP contribution in [-0.4, -0.2) is 34.9 Å². The van der Waals surface area contributed by atoms with Crippen molar-refractivity contribution in [3.05, 3.63) is 65.6 Å². The monoisotopic (exact) mass is 381 g/mol. The van der Waals surface area contributed by atoms with Gasteiger partial charge in [-0.3, -0.25) is 14.4 Å². The van der Waals surface area contributed by atoms with Gasteiger partial charge in [0.15, 0.2) is 0 Å². The molecule has 0 radical (unpaired) electrons. The Bertz CT molecular complexity index is 879. The van der Waals surface area contributed by atoms with E-state index in [0.717, 1.165) is 11.3 Å².